The highest BCUT2D eigenvalue weighted by molar-refractivity contribution is 6.30. The molecule has 2 rings (SSSR count). The molecule has 0 bridgehead atoms. The van der Waals surface area contributed by atoms with Crippen molar-refractivity contribution in [2.24, 2.45) is 5.73 Å². The molecule has 0 unspecified atom stereocenters. The average Bonchev–Trinajstić information content (AvgIpc) is 2.64. The number of rotatable bonds is 1. The van der Waals surface area contributed by atoms with Crippen LogP contribution in [-0.4, -0.2) is 0 Å². The molecule has 0 aliphatic heterocycles. The Hall–Kier alpha value is -0.740. The smallest absolute Gasteiger partial charge is 0.321 e. The molecule has 94 valence electrons. The Morgan fingerprint density at radius 2 is 1.76 bits per heavy atom. The van der Waals surface area contributed by atoms with Crippen LogP contribution in [0.25, 0.3) is 0 Å². The van der Waals surface area contributed by atoms with Crippen molar-refractivity contribution in [1.29, 1.82) is 0 Å². The topological polar surface area (TPSA) is 26.0 Å². The first-order valence-electron chi connectivity index (χ1n) is 5.49. The Kier molecular flexibility index (Phi) is 3.12. The van der Waals surface area contributed by atoms with Crippen LogP contribution in [0.5, 0.6) is 0 Å². The van der Waals surface area contributed by atoms with Gasteiger partial charge in [0.15, 0.2) is 0 Å². The minimum atomic E-state index is -4.41. The summed E-state index contributed by atoms with van der Waals surface area (Å²) in [4.78, 5) is 0. The second-order valence-electron chi connectivity index (χ2n) is 4.55. The number of hydrogen-bond acceptors (Lipinski definition) is 1. The molecule has 1 nitrogen and oxygen atoms in total. The lowest BCUT2D eigenvalue weighted by atomic mass is 9.86. The van der Waals surface area contributed by atoms with E-state index in [1.54, 1.807) is 0 Å². The third-order valence-corrected chi connectivity index (χ3v) is 3.55. The van der Waals surface area contributed by atoms with Gasteiger partial charge in [0.25, 0.3) is 0 Å². The maximum Gasteiger partial charge on any atom is 0.416 e. The molecule has 2 N–H and O–H groups in total. The zero-order valence-electron chi connectivity index (χ0n) is 9.15. The summed E-state index contributed by atoms with van der Waals surface area (Å²) >= 11 is 5.63. The number of hydrogen-bond donors (Lipinski definition) is 1. The predicted octanol–water partition coefficient (Wildman–Crippen LogP) is 4.09. The fourth-order valence-corrected chi connectivity index (χ4v) is 2.63. The maximum absolute atomic E-state index is 12.9. The van der Waals surface area contributed by atoms with E-state index in [1.165, 1.54) is 12.1 Å². The van der Waals surface area contributed by atoms with E-state index in [4.69, 9.17) is 17.3 Å². The third-order valence-electron chi connectivity index (χ3n) is 3.32. The highest BCUT2D eigenvalue weighted by Gasteiger charge is 2.41. The van der Waals surface area contributed by atoms with Crippen LogP contribution < -0.4 is 5.73 Å². The van der Waals surface area contributed by atoms with Gasteiger partial charge in [0.1, 0.15) is 0 Å². The molecule has 1 aromatic rings. The van der Waals surface area contributed by atoms with Gasteiger partial charge < -0.3 is 5.73 Å². The van der Waals surface area contributed by atoms with Crippen molar-refractivity contribution < 1.29 is 13.2 Å². The maximum atomic E-state index is 12.9. The largest absolute Gasteiger partial charge is 0.416 e. The Labute approximate surface area is 103 Å². The van der Waals surface area contributed by atoms with Crippen molar-refractivity contribution >= 4 is 11.6 Å². The Bertz CT molecular complexity index is 422. The zero-order chi connectivity index (χ0) is 12.7. The molecule has 1 aliphatic carbocycles. The van der Waals surface area contributed by atoms with Gasteiger partial charge in [-0.05, 0) is 30.5 Å². The van der Waals surface area contributed by atoms with E-state index in [0.29, 0.717) is 12.8 Å². The standard InChI is InChI=1S/C12H13ClF3N/c13-8-3-4-9(10(7-8)12(14,15)16)11(17)5-1-2-6-11/h3-4,7H,1-2,5-6,17H2. The molecule has 17 heavy (non-hydrogen) atoms. The van der Waals surface area contributed by atoms with E-state index < -0.39 is 17.3 Å². The van der Waals surface area contributed by atoms with Gasteiger partial charge in [0.05, 0.1) is 5.56 Å². The van der Waals surface area contributed by atoms with Crippen molar-refractivity contribution in [3.8, 4) is 0 Å². The lowest BCUT2D eigenvalue weighted by Crippen LogP contribution is -2.35. The van der Waals surface area contributed by atoms with Crippen LogP contribution in [0.2, 0.25) is 5.02 Å². The molecular weight excluding hydrogens is 251 g/mol. The van der Waals surface area contributed by atoms with E-state index in [0.717, 1.165) is 18.9 Å². The summed E-state index contributed by atoms with van der Waals surface area (Å²) in [6.07, 6.45) is -1.47. The molecule has 1 saturated carbocycles. The SMILES string of the molecule is NC1(c2ccc(Cl)cc2C(F)(F)F)CCCC1. The number of alkyl halides is 3. The van der Waals surface area contributed by atoms with Crippen LogP contribution in [0.1, 0.15) is 36.8 Å². The minimum Gasteiger partial charge on any atom is -0.321 e. The summed E-state index contributed by atoms with van der Waals surface area (Å²) in [5, 5.41) is 0.0858. The van der Waals surface area contributed by atoms with Crippen molar-refractivity contribution in [1.82, 2.24) is 0 Å². The van der Waals surface area contributed by atoms with Gasteiger partial charge in [-0.15, -0.1) is 0 Å². The normalized spacial score (nSPS) is 19.6. The molecule has 1 fully saturated rings. The van der Waals surface area contributed by atoms with E-state index in [2.05, 4.69) is 0 Å². The van der Waals surface area contributed by atoms with Gasteiger partial charge >= 0.3 is 6.18 Å². The van der Waals surface area contributed by atoms with Crippen molar-refractivity contribution in [3.63, 3.8) is 0 Å². The highest BCUT2D eigenvalue weighted by atomic mass is 35.5. The predicted molar refractivity (Wildman–Crippen MR) is 60.8 cm³/mol. The molecule has 1 aromatic carbocycles. The summed E-state index contributed by atoms with van der Waals surface area (Å²) in [7, 11) is 0. The quantitative estimate of drug-likeness (QED) is 0.811. The van der Waals surface area contributed by atoms with Gasteiger partial charge in [-0.1, -0.05) is 30.5 Å². The molecule has 0 atom stereocenters. The van der Waals surface area contributed by atoms with Crippen LogP contribution in [0.4, 0.5) is 13.2 Å². The third kappa shape index (κ3) is 2.43. The number of nitrogens with two attached hydrogens (primary N) is 1. The second-order valence-corrected chi connectivity index (χ2v) is 4.99. The van der Waals surface area contributed by atoms with Gasteiger partial charge in [-0.25, -0.2) is 0 Å². The fraction of sp³-hybridized carbons (Fsp3) is 0.500. The van der Waals surface area contributed by atoms with Gasteiger partial charge in [-0.2, -0.15) is 13.2 Å². The van der Waals surface area contributed by atoms with Gasteiger partial charge in [0.2, 0.25) is 0 Å². The summed E-state index contributed by atoms with van der Waals surface area (Å²) in [6, 6.07) is 3.85. The van der Waals surface area contributed by atoms with Crippen molar-refractivity contribution in [2.45, 2.75) is 37.4 Å². The first-order chi connectivity index (χ1) is 7.83. The van der Waals surface area contributed by atoms with Crippen molar-refractivity contribution in [2.75, 3.05) is 0 Å². The van der Waals surface area contributed by atoms with E-state index in [1.807, 2.05) is 0 Å². The van der Waals surface area contributed by atoms with E-state index >= 15 is 0 Å². The summed E-state index contributed by atoms with van der Waals surface area (Å²) in [5.74, 6) is 0. The molecule has 0 radical (unpaired) electrons. The van der Waals surface area contributed by atoms with Crippen LogP contribution >= 0.6 is 11.6 Å². The summed E-state index contributed by atoms with van der Waals surface area (Å²) in [5.41, 5.74) is 4.71. The average molecular weight is 264 g/mol. The fourth-order valence-electron chi connectivity index (χ4n) is 2.46. The second kappa shape index (κ2) is 4.18. The monoisotopic (exact) mass is 263 g/mol. The molecule has 0 saturated heterocycles. The lowest BCUT2D eigenvalue weighted by Gasteiger charge is -2.27. The first kappa shape index (κ1) is 12.7. The van der Waals surface area contributed by atoms with Gasteiger partial charge in [-0.3, -0.25) is 0 Å². The van der Waals surface area contributed by atoms with Crippen LogP contribution in [-0.2, 0) is 11.7 Å². The van der Waals surface area contributed by atoms with Crippen LogP contribution in [0.3, 0.4) is 0 Å². The lowest BCUT2D eigenvalue weighted by molar-refractivity contribution is -0.138. The molecule has 5 heteroatoms. The molecular formula is C12H13ClF3N. The Balaban J connectivity index is 2.53. The molecule has 1 aliphatic rings. The van der Waals surface area contributed by atoms with Crippen LogP contribution in [0, 0.1) is 0 Å². The molecule has 0 spiro atoms. The highest BCUT2D eigenvalue weighted by Crippen LogP contribution is 2.43. The number of halogens is 4. The van der Waals surface area contributed by atoms with Gasteiger partial charge in [0, 0.05) is 10.6 Å². The summed E-state index contributed by atoms with van der Waals surface area (Å²) < 4.78 is 38.8. The molecule has 0 aromatic heterocycles. The first-order valence-corrected chi connectivity index (χ1v) is 5.87. The summed E-state index contributed by atoms with van der Waals surface area (Å²) in [6.45, 7) is 0. The van der Waals surface area contributed by atoms with E-state index in [9.17, 15) is 13.2 Å². The molecule has 0 amide bonds. The van der Waals surface area contributed by atoms with Crippen molar-refractivity contribution in [3.05, 3.63) is 34.3 Å². The Morgan fingerprint density at radius 1 is 1.18 bits per heavy atom. The zero-order valence-corrected chi connectivity index (χ0v) is 9.91. The van der Waals surface area contributed by atoms with Crippen LogP contribution in [0.15, 0.2) is 18.2 Å². The molecule has 0 heterocycles. The number of benzene rings is 1. The van der Waals surface area contributed by atoms with E-state index in [-0.39, 0.29) is 10.6 Å². The minimum absolute atomic E-state index is 0.0858. The Morgan fingerprint density at radius 3 is 2.29 bits per heavy atom.